The summed E-state index contributed by atoms with van der Waals surface area (Å²) >= 11 is 0. The Balaban J connectivity index is 2.22. The zero-order chi connectivity index (χ0) is 12.5. The summed E-state index contributed by atoms with van der Waals surface area (Å²) in [6, 6.07) is 0. The molecule has 4 nitrogen and oxygen atoms in total. The van der Waals surface area contributed by atoms with Gasteiger partial charge in [0.15, 0.2) is 0 Å². The van der Waals surface area contributed by atoms with Crippen molar-refractivity contribution in [2.75, 3.05) is 18.8 Å². The number of nitrogens with two attached hydrogens (primary N) is 1. The Labute approximate surface area is 105 Å². The van der Waals surface area contributed by atoms with Gasteiger partial charge in [-0.25, -0.2) is 8.42 Å². The lowest BCUT2D eigenvalue weighted by Gasteiger charge is -2.47. The summed E-state index contributed by atoms with van der Waals surface area (Å²) in [5.74, 6) is 1.02. The van der Waals surface area contributed by atoms with E-state index in [1.165, 1.54) is 0 Å². The molecule has 0 bridgehead atoms. The number of hydrogen-bond donors (Lipinski definition) is 1. The molecule has 1 heterocycles. The number of hydrogen-bond acceptors (Lipinski definition) is 3. The molecule has 1 aliphatic carbocycles. The predicted molar refractivity (Wildman–Crippen MR) is 69.1 cm³/mol. The molecule has 2 aliphatic rings. The highest BCUT2D eigenvalue weighted by molar-refractivity contribution is 7.89. The van der Waals surface area contributed by atoms with Crippen molar-refractivity contribution in [2.45, 2.75) is 51.0 Å². The third-order valence-corrected chi connectivity index (χ3v) is 6.51. The Bertz CT molecular complexity index is 359. The molecule has 5 heteroatoms. The zero-order valence-electron chi connectivity index (χ0n) is 10.7. The second kappa shape index (κ2) is 4.86. The van der Waals surface area contributed by atoms with Crippen molar-refractivity contribution >= 4 is 10.0 Å². The first-order valence-electron chi connectivity index (χ1n) is 6.71. The van der Waals surface area contributed by atoms with Gasteiger partial charge in [-0.3, -0.25) is 0 Å². The van der Waals surface area contributed by atoms with Crippen LogP contribution in [0.1, 0.15) is 45.4 Å². The molecule has 2 rings (SSSR count). The fourth-order valence-electron chi connectivity index (χ4n) is 3.18. The molecule has 17 heavy (non-hydrogen) atoms. The number of rotatable bonds is 2. The summed E-state index contributed by atoms with van der Waals surface area (Å²) in [5.41, 5.74) is 5.66. The lowest BCUT2D eigenvalue weighted by atomic mass is 9.77. The highest BCUT2D eigenvalue weighted by Crippen LogP contribution is 2.38. The number of nitrogens with zero attached hydrogens (tertiary/aromatic N) is 1. The summed E-state index contributed by atoms with van der Waals surface area (Å²) in [6.45, 7) is 3.39. The van der Waals surface area contributed by atoms with E-state index in [1.54, 1.807) is 4.31 Å². The van der Waals surface area contributed by atoms with Crippen LogP contribution in [-0.4, -0.2) is 37.1 Å². The van der Waals surface area contributed by atoms with Crippen molar-refractivity contribution in [3.63, 3.8) is 0 Å². The third kappa shape index (κ3) is 2.51. The maximum absolute atomic E-state index is 12.2. The second-order valence-electron chi connectivity index (χ2n) is 5.71. The minimum absolute atomic E-state index is 0.272. The van der Waals surface area contributed by atoms with Gasteiger partial charge in [0.25, 0.3) is 0 Å². The molecular weight excluding hydrogens is 236 g/mol. The molecule has 0 spiro atoms. The van der Waals surface area contributed by atoms with Crippen LogP contribution in [0.25, 0.3) is 0 Å². The Hall–Kier alpha value is -0.130. The van der Waals surface area contributed by atoms with Gasteiger partial charge in [0.2, 0.25) is 10.0 Å². The van der Waals surface area contributed by atoms with Crippen LogP contribution in [-0.2, 0) is 10.0 Å². The zero-order valence-corrected chi connectivity index (χ0v) is 11.5. The first-order chi connectivity index (χ1) is 8.00. The van der Waals surface area contributed by atoms with Gasteiger partial charge in [-0.05, 0) is 44.4 Å². The minimum Gasteiger partial charge on any atom is -0.329 e. The van der Waals surface area contributed by atoms with E-state index < -0.39 is 10.0 Å². The van der Waals surface area contributed by atoms with Gasteiger partial charge in [-0.1, -0.05) is 6.92 Å². The molecule has 100 valence electrons. The van der Waals surface area contributed by atoms with Crippen LogP contribution in [0.15, 0.2) is 0 Å². The molecule has 0 aromatic rings. The first kappa shape index (κ1) is 13.3. The standard InChI is InChI=1S/C12H24N2O2S/c1-11-4-6-12(10-13,7-5-11)14-8-2-3-9-17(14,15)16/h11H,2-10,13H2,1H3. The summed E-state index contributed by atoms with van der Waals surface area (Å²) < 4.78 is 26.1. The van der Waals surface area contributed by atoms with Crippen LogP contribution in [0.3, 0.4) is 0 Å². The van der Waals surface area contributed by atoms with E-state index in [4.69, 9.17) is 5.73 Å². The van der Waals surface area contributed by atoms with Crippen molar-refractivity contribution < 1.29 is 8.42 Å². The van der Waals surface area contributed by atoms with Crippen molar-refractivity contribution in [1.29, 1.82) is 0 Å². The van der Waals surface area contributed by atoms with E-state index in [1.807, 2.05) is 0 Å². The summed E-state index contributed by atoms with van der Waals surface area (Å²) in [7, 11) is -3.06. The lowest BCUT2D eigenvalue weighted by molar-refractivity contribution is 0.110. The minimum atomic E-state index is -3.06. The molecule has 1 saturated heterocycles. The average Bonchev–Trinajstić information content (AvgIpc) is 2.31. The van der Waals surface area contributed by atoms with Crippen LogP contribution in [0, 0.1) is 5.92 Å². The Morgan fingerprint density at radius 3 is 2.47 bits per heavy atom. The molecule has 2 fully saturated rings. The van der Waals surface area contributed by atoms with E-state index in [0.29, 0.717) is 24.8 Å². The fraction of sp³-hybridized carbons (Fsp3) is 1.00. The van der Waals surface area contributed by atoms with Crippen LogP contribution in [0.4, 0.5) is 0 Å². The molecule has 0 amide bonds. The molecule has 1 saturated carbocycles. The summed E-state index contributed by atoms with van der Waals surface area (Å²) in [4.78, 5) is 0. The maximum Gasteiger partial charge on any atom is 0.214 e. The van der Waals surface area contributed by atoms with Crippen LogP contribution in [0.2, 0.25) is 0 Å². The first-order valence-corrected chi connectivity index (χ1v) is 8.32. The van der Waals surface area contributed by atoms with E-state index in [2.05, 4.69) is 6.92 Å². The van der Waals surface area contributed by atoms with Crippen molar-refractivity contribution in [3.8, 4) is 0 Å². The van der Waals surface area contributed by atoms with Gasteiger partial charge in [-0.2, -0.15) is 4.31 Å². The molecule has 0 unspecified atom stereocenters. The van der Waals surface area contributed by atoms with E-state index in [-0.39, 0.29) is 5.54 Å². The SMILES string of the molecule is CC1CCC(CN)(N2CCCCS2(=O)=O)CC1. The van der Waals surface area contributed by atoms with E-state index in [9.17, 15) is 8.42 Å². The Morgan fingerprint density at radius 2 is 1.94 bits per heavy atom. The van der Waals surface area contributed by atoms with Crippen molar-refractivity contribution in [2.24, 2.45) is 11.7 Å². The second-order valence-corrected chi connectivity index (χ2v) is 7.72. The van der Waals surface area contributed by atoms with Gasteiger partial charge in [0.05, 0.1) is 5.75 Å². The summed E-state index contributed by atoms with van der Waals surface area (Å²) in [5, 5.41) is 0. The number of sulfonamides is 1. The van der Waals surface area contributed by atoms with Gasteiger partial charge < -0.3 is 5.73 Å². The predicted octanol–water partition coefficient (Wildman–Crippen LogP) is 1.32. The van der Waals surface area contributed by atoms with Crippen molar-refractivity contribution in [3.05, 3.63) is 0 Å². The van der Waals surface area contributed by atoms with Crippen LogP contribution in [0.5, 0.6) is 0 Å². The molecule has 1 aliphatic heterocycles. The molecule has 0 aromatic carbocycles. The van der Waals surface area contributed by atoms with Gasteiger partial charge >= 0.3 is 0 Å². The van der Waals surface area contributed by atoms with Crippen LogP contribution >= 0.6 is 0 Å². The highest BCUT2D eigenvalue weighted by Gasteiger charge is 2.44. The lowest BCUT2D eigenvalue weighted by Crippen LogP contribution is -2.59. The van der Waals surface area contributed by atoms with Crippen LogP contribution < -0.4 is 5.73 Å². The average molecular weight is 260 g/mol. The Morgan fingerprint density at radius 1 is 1.29 bits per heavy atom. The monoisotopic (exact) mass is 260 g/mol. The van der Waals surface area contributed by atoms with E-state index in [0.717, 1.165) is 38.5 Å². The van der Waals surface area contributed by atoms with Crippen molar-refractivity contribution in [1.82, 2.24) is 4.31 Å². The highest BCUT2D eigenvalue weighted by atomic mass is 32.2. The summed E-state index contributed by atoms with van der Waals surface area (Å²) in [6.07, 6.45) is 5.85. The molecular formula is C12H24N2O2S. The fourth-order valence-corrected chi connectivity index (χ4v) is 5.22. The maximum atomic E-state index is 12.2. The largest absolute Gasteiger partial charge is 0.329 e. The van der Waals surface area contributed by atoms with Gasteiger partial charge in [0.1, 0.15) is 0 Å². The van der Waals surface area contributed by atoms with Gasteiger partial charge in [0, 0.05) is 18.6 Å². The Kier molecular flexibility index (Phi) is 3.80. The molecule has 2 N–H and O–H groups in total. The normalized spacial score (nSPS) is 39.1. The van der Waals surface area contributed by atoms with Gasteiger partial charge in [-0.15, -0.1) is 0 Å². The smallest absolute Gasteiger partial charge is 0.214 e. The molecule has 0 atom stereocenters. The topological polar surface area (TPSA) is 63.4 Å². The quantitative estimate of drug-likeness (QED) is 0.814. The third-order valence-electron chi connectivity index (χ3n) is 4.46. The molecule has 0 radical (unpaired) electrons. The van der Waals surface area contributed by atoms with E-state index >= 15 is 0 Å². The molecule has 0 aromatic heterocycles.